The first-order valence-electron chi connectivity index (χ1n) is 11.7. The largest absolute Gasteiger partial charge is 0.468 e. The maximum Gasteiger partial charge on any atom is 0.408 e. The smallest absolute Gasteiger partial charge is 0.408 e. The molecule has 1 aromatic rings. The van der Waals surface area contributed by atoms with E-state index in [4.69, 9.17) is 4.74 Å². The van der Waals surface area contributed by atoms with Gasteiger partial charge in [0.15, 0.2) is 0 Å². The fraction of sp³-hybridized carbons (Fsp3) is 0.600. The molecule has 3 unspecified atom stereocenters. The Kier molecular flexibility index (Phi) is 11.7. The van der Waals surface area contributed by atoms with Crippen molar-refractivity contribution in [3.63, 3.8) is 0 Å². The first kappa shape index (κ1) is 29.9. The number of hydrogen-bond acceptors (Lipinski definition) is 7. The number of aliphatic hydroxyl groups is 1. The molecule has 0 aliphatic rings. The van der Waals surface area contributed by atoms with Crippen molar-refractivity contribution in [3.8, 4) is 0 Å². The Hall–Kier alpha value is -3.14. The third-order valence-corrected chi connectivity index (χ3v) is 5.36. The standard InChI is InChI=1S/C25H39N3O7/c1-8-17(3)20(27-24(33)35-25(4,5)6)23(32)28(13-14-29)21(18-11-9-16(2)10-12-18)22(31)26-15-19(30)34-7/h9-12,17,20-21,29H,8,13-15H2,1-7H3,(H,26,31)(H,27,33). The molecule has 0 spiro atoms. The van der Waals surface area contributed by atoms with Crippen LogP contribution in [0.3, 0.4) is 0 Å². The van der Waals surface area contributed by atoms with Crippen LogP contribution in [0, 0.1) is 12.8 Å². The van der Waals surface area contributed by atoms with Gasteiger partial charge in [-0.2, -0.15) is 0 Å². The molecule has 10 heteroatoms. The minimum absolute atomic E-state index is 0.175. The number of esters is 1. The molecule has 0 heterocycles. The summed E-state index contributed by atoms with van der Waals surface area (Å²) < 4.78 is 9.92. The van der Waals surface area contributed by atoms with Gasteiger partial charge in [-0.1, -0.05) is 50.1 Å². The van der Waals surface area contributed by atoms with Crippen LogP contribution < -0.4 is 10.6 Å². The number of rotatable bonds is 11. The summed E-state index contributed by atoms with van der Waals surface area (Å²) in [5, 5.41) is 14.9. The Morgan fingerprint density at radius 1 is 1.11 bits per heavy atom. The number of alkyl carbamates (subject to hydrolysis) is 1. The van der Waals surface area contributed by atoms with Crippen molar-refractivity contribution in [3.05, 3.63) is 35.4 Å². The maximum atomic E-state index is 13.8. The highest BCUT2D eigenvalue weighted by molar-refractivity contribution is 5.93. The topological polar surface area (TPSA) is 134 Å². The number of aryl methyl sites for hydroxylation is 1. The molecule has 1 aromatic carbocycles. The van der Waals surface area contributed by atoms with Crippen LogP contribution in [0.1, 0.15) is 58.2 Å². The molecule has 0 radical (unpaired) electrons. The van der Waals surface area contributed by atoms with Gasteiger partial charge in [0.2, 0.25) is 11.8 Å². The van der Waals surface area contributed by atoms with E-state index in [9.17, 15) is 24.3 Å². The van der Waals surface area contributed by atoms with E-state index in [-0.39, 0.29) is 19.0 Å². The summed E-state index contributed by atoms with van der Waals surface area (Å²) in [6, 6.07) is 4.82. The predicted octanol–water partition coefficient (Wildman–Crippen LogP) is 2.09. The second kappa shape index (κ2) is 13.7. The summed E-state index contributed by atoms with van der Waals surface area (Å²) in [5.74, 6) is -2.13. The second-order valence-electron chi connectivity index (χ2n) is 9.37. The lowest BCUT2D eigenvalue weighted by Gasteiger charge is -2.35. The van der Waals surface area contributed by atoms with E-state index in [1.165, 1.54) is 12.0 Å². The highest BCUT2D eigenvalue weighted by Crippen LogP contribution is 2.25. The normalized spacial score (nSPS) is 13.7. The fourth-order valence-corrected chi connectivity index (χ4v) is 3.32. The Balaban J connectivity index is 3.41. The Labute approximate surface area is 207 Å². The predicted molar refractivity (Wildman–Crippen MR) is 130 cm³/mol. The summed E-state index contributed by atoms with van der Waals surface area (Å²) in [6.07, 6.45) is -0.203. The van der Waals surface area contributed by atoms with Crippen LogP contribution in [0.2, 0.25) is 0 Å². The van der Waals surface area contributed by atoms with Crippen LogP contribution in [-0.4, -0.2) is 72.3 Å². The molecular weight excluding hydrogens is 454 g/mol. The molecule has 35 heavy (non-hydrogen) atoms. The molecular formula is C25H39N3O7. The number of amides is 3. The van der Waals surface area contributed by atoms with Gasteiger partial charge in [-0.05, 0) is 39.2 Å². The van der Waals surface area contributed by atoms with Crippen LogP contribution >= 0.6 is 0 Å². The zero-order chi connectivity index (χ0) is 26.8. The average molecular weight is 494 g/mol. The number of carbonyl (C=O) groups is 4. The van der Waals surface area contributed by atoms with Crippen LogP contribution in [-0.2, 0) is 23.9 Å². The van der Waals surface area contributed by atoms with E-state index in [0.29, 0.717) is 12.0 Å². The number of nitrogens with one attached hydrogen (secondary N) is 2. The molecule has 0 fully saturated rings. The van der Waals surface area contributed by atoms with Gasteiger partial charge in [0.05, 0.1) is 13.7 Å². The number of methoxy groups -OCH3 is 1. The number of ether oxygens (including phenoxy) is 2. The van der Waals surface area contributed by atoms with E-state index in [1.54, 1.807) is 52.0 Å². The third kappa shape index (κ3) is 9.56. The number of carbonyl (C=O) groups excluding carboxylic acids is 4. The quantitative estimate of drug-likeness (QED) is 0.402. The number of aliphatic hydroxyl groups excluding tert-OH is 1. The highest BCUT2D eigenvalue weighted by atomic mass is 16.6. The molecule has 3 amide bonds. The number of benzene rings is 1. The SMILES string of the molecule is CCC(C)C(NC(=O)OC(C)(C)C)C(=O)N(CCO)C(C(=O)NCC(=O)OC)c1ccc(C)cc1. The van der Waals surface area contributed by atoms with Crippen molar-refractivity contribution in [1.29, 1.82) is 0 Å². The van der Waals surface area contributed by atoms with Crippen molar-refractivity contribution in [1.82, 2.24) is 15.5 Å². The van der Waals surface area contributed by atoms with Crippen LogP contribution in [0.5, 0.6) is 0 Å². The zero-order valence-electron chi connectivity index (χ0n) is 21.7. The van der Waals surface area contributed by atoms with E-state index in [2.05, 4.69) is 15.4 Å². The van der Waals surface area contributed by atoms with Crippen molar-refractivity contribution >= 4 is 23.9 Å². The molecule has 0 saturated carbocycles. The fourth-order valence-electron chi connectivity index (χ4n) is 3.32. The van der Waals surface area contributed by atoms with E-state index in [0.717, 1.165) is 5.56 Å². The summed E-state index contributed by atoms with van der Waals surface area (Å²) in [6.45, 7) is 9.72. The van der Waals surface area contributed by atoms with Crippen LogP contribution in [0.25, 0.3) is 0 Å². The lowest BCUT2D eigenvalue weighted by molar-refractivity contribution is -0.145. The first-order valence-corrected chi connectivity index (χ1v) is 11.7. The van der Waals surface area contributed by atoms with Gasteiger partial charge in [-0.15, -0.1) is 0 Å². The molecule has 0 aliphatic heterocycles. The van der Waals surface area contributed by atoms with Gasteiger partial charge < -0.3 is 30.1 Å². The lowest BCUT2D eigenvalue weighted by Crippen LogP contribution is -2.56. The van der Waals surface area contributed by atoms with Crippen molar-refractivity contribution < 1.29 is 33.8 Å². The Morgan fingerprint density at radius 3 is 2.20 bits per heavy atom. The molecule has 3 atom stereocenters. The molecule has 1 rings (SSSR count). The third-order valence-electron chi connectivity index (χ3n) is 5.36. The summed E-state index contributed by atoms with van der Waals surface area (Å²) in [5.41, 5.74) is 0.669. The summed E-state index contributed by atoms with van der Waals surface area (Å²) >= 11 is 0. The second-order valence-corrected chi connectivity index (χ2v) is 9.37. The average Bonchev–Trinajstić information content (AvgIpc) is 2.79. The van der Waals surface area contributed by atoms with Crippen LogP contribution in [0.15, 0.2) is 24.3 Å². The Bertz CT molecular complexity index is 865. The summed E-state index contributed by atoms with van der Waals surface area (Å²) in [4.78, 5) is 52.4. The van der Waals surface area contributed by atoms with Crippen LogP contribution in [0.4, 0.5) is 4.79 Å². The van der Waals surface area contributed by atoms with Gasteiger partial charge in [0, 0.05) is 6.54 Å². The maximum absolute atomic E-state index is 13.8. The summed E-state index contributed by atoms with van der Waals surface area (Å²) in [7, 11) is 1.20. The van der Waals surface area contributed by atoms with E-state index >= 15 is 0 Å². The van der Waals surface area contributed by atoms with Gasteiger partial charge in [0.25, 0.3) is 0 Å². The molecule has 0 bridgehead atoms. The van der Waals surface area contributed by atoms with Crippen molar-refractivity contribution in [2.45, 2.75) is 65.6 Å². The Morgan fingerprint density at radius 2 is 1.71 bits per heavy atom. The number of hydrogen-bond donors (Lipinski definition) is 3. The monoisotopic (exact) mass is 493 g/mol. The molecule has 0 aliphatic carbocycles. The molecule has 196 valence electrons. The van der Waals surface area contributed by atoms with Crippen molar-refractivity contribution in [2.24, 2.45) is 5.92 Å². The number of nitrogens with zero attached hydrogens (tertiary/aromatic N) is 1. The molecule has 10 nitrogen and oxygen atoms in total. The van der Waals surface area contributed by atoms with E-state index in [1.807, 2.05) is 13.8 Å². The zero-order valence-corrected chi connectivity index (χ0v) is 21.7. The van der Waals surface area contributed by atoms with Crippen molar-refractivity contribution in [2.75, 3.05) is 26.8 Å². The van der Waals surface area contributed by atoms with Gasteiger partial charge >= 0.3 is 12.1 Å². The molecule has 3 N–H and O–H groups in total. The molecule has 0 aromatic heterocycles. The van der Waals surface area contributed by atoms with Gasteiger partial charge in [-0.25, -0.2) is 4.79 Å². The lowest BCUT2D eigenvalue weighted by atomic mass is 9.95. The first-order chi connectivity index (χ1) is 16.3. The minimum atomic E-state index is -1.16. The highest BCUT2D eigenvalue weighted by Gasteiger charge is 2.38. The van der Waals surface area contributed by atoms with Gasteiger partial charge in [-0.3, -0.25) is 14.4 Å². The molecule has 0 saturated heterocycles. The minimum Gasteiger partial charge on any atom is -0.468 e. The van der Waals surface area contributed by atoms with Gasteiger partial charge in [0.1, 0.15) is 24.2 Å². The van der Waals surface area contributed by atoms with E-state index < -0.39 is 48.2 Å².